The molecule has 2 N–H and O–H groups in total. The van der Waals surface area contributed by atoms with Crippen molar-refractivity contribution in [2.45, 2.75) is 18.3 Å². The van der Waals surface area contributed by atoms with Crippen molar-refractivity contribution in [3.63, 3.8) is 0 Å². The maximum Gasteiger partial charge on any atom is 0.195 e. The summed E-state index contributed by atoms with van der Waals surface area (Å²) in [6.45, 7) is 0.865. The van der Waals surface area contributed by atoms with Crippen LogP contribution in [0.3, 0.4) is 0 Å². The molecule has 3 rings (SSSR count). The Kier molecular flexibility index (Phi) is 5.12. The number of rotatable bonds is 6. The molecule has 0 aliphatic heterocycles. The van der Waals surface area contributed by atoms with Gasteiger partial charge in [0, 0.05) is 30.8 Å². The summed E-state index contributed by atoms with van der Waals surface area (Å²) >= 11 is 0. The SMILES string of the molecule is CN=C(NCC1(c2ccccc2)CC1)Nc1ccc(OC)c(OC)c1. The van der Waals surface area contributed by atoms with Crippen LogP contribution in [-0.4, -0.2) is 33.8 Å². The first-order valence-corrected chi connectivity index (χ1v) is 8.46. The average Bonchev–Trinajstić information content (AvgIpc) is 3.46. The second-order valence-electron chi connectivity index (χ2n) is 6.27. The Hall–Kier alpha value is -2.69. The van der Waals surface area contributed by atoms with E-state index in [9.17, 15) is 0 Å². The number of methoxy groups -OCH3 is 2. The highest BCUT2D eigenvalue weighted by Crippen LogP contribution is 2.47. The van der Waals surface area contributed by atoms with Crippen LogP contribution in [0.5, 0.6) is 11.5 Å². The molecule has 1 aliphatic rings. The van der Waals surface area contributed by atoms with Gasteiger partial charge >= 0.3 is 0 Å². The number of nitrogens with one attached hydrogen (secondary N) is 2. The minimum Gasteiger partial charge on any atom is -0.493 e. The monoisotopic (exact) mass is 339 g/mol. The Bertz CT molecular complexity index is 740. The van der Waals surface area contributed by atoms with Gasteiger partial charge in [0.1, 0.15) is 0 Å². The third-order valence-electron chi connectivity index (χ3n) is 4.70. The fourth-order valence-electron chi connectivity index (χ4n) is 2.99. The van der Waals surface area contributed by atoms with Crippen LogP contribution < -0.4 is 20.1 Å². The summed E-state index contributed by atoms with van der Waals surface area (Å²) in [6, 6.07) is 16.4. The summed E-state index contributed by atoms with van der Waals surface area (Å²) in [5.41, 5.74) is 2.52. The van der Waals surface area contributed by atoms with E-state index < -0.39 is 0 Å². The summed E-state index contributed by atoms with van der Waals surface area (Å²) in [7, 11) is 5.04. The number of anilines is 1. The van der Waals surface area contributed by atoms with E-state index in [1.54, 1.807) is 21.3 Å². The lowest BCUT2D eigenvalue weighted by Gasteiger charge is -2.19. The number of ether oxygens (including phenoxy) is 2. The molecule has 1 saturated carbocycles. The normalized spacial score (nSPS) is 15.4. The molecule has 1 fully saturated rings. The molecule has 132 valence electrons. The molecular weight excluding hydrogens is 314 g/mol. The maximum absolute atomic E-state index is 5.35. The minimum atomic E-state index is 0.233. The van der Waals surface area contributed by atoms with Gasteiger partial charge in [0.15, 0.2) is 17.5 Å². The molecule has 0 spiro atoms. The fourth-order valence-corrected chi connectivity index (χ4v) is 2.99. The molecular formula is C20H25N3O2. The molecule has 0 unspecified atom stereocenters. The number of aliphatic imine (C=N–C) groups is 1. The Morgan fingerprint density at radius 2 is 1.76 bits per heavy atom. The fraction of sp³-hybridized carbons (Fsp3) is 0.350. The van der Waals surface area contributed by atoms with E-state index in [0.29, 0.717) is 11.5 Å². The van der Waals surface area contributed by atoms with Crippen LogP contribution in [-0.2, 0) is 5.41 Å². The zero-order valence-corrected chi connectivity index (χ0v) is 15.0. The highest BCUT2D eigenvalue weighted by Gasteiger charge is 2.43. The molecule has 0 aromatic heterocycles. The highest BCUT2D eigenvalue weighted by atomic mass is 16.5. The second-order valence-corrected chi connectivity index (χ2v) is 6.27. The van der Waals surface area contributed by atoms with Crippen LogP contribution >= 0.6 is 0 Å². The van der Waals surface area contributed by atoms with Gasteiger partial charge in [-0.1, -0.05) is 30.3 Å². The van der Waals surface area contributed by atoms with Crippen molar-refractivity contribution in [3.8, 4) is 11.5 Å². The number of benzene rings is 2. The lowest BCUT2D eigenvalue weighted by Crippen LogP contribution is -2.36. The lowest BCUT2D eigenvalue weighted by molar-refractivity contribution is 0.355. The minimum absolute atomic E-state index is 0.233. The summed E-state index contributed by atoms with van der Waals surface area (Å²) in [5, 5.41) is 6.76. The van der Waals surface area contributed by atoms with Gasteiger partial charge in [-0.25, -0.2) is 0 Å². The second kappa shape index (κ2) is 7.47. The maximum atomic E-state index is 5.35. The Balaban J connectivity index is 1.64. The van der Waals surface area contributed by atoms with Crippen molar-refractivity contribution in [2.75, 3.05) is 33.1 Å². The first-order valence-electron chi connectivity index (χ1n) is 8.46. The molecule has 5 nitrogen and oxygen atoms in total. The summed E-state index contributed by atoms with van der Waals surface area (Å²) in [4.78, 5) is 4.33. The van der Waals surface area contributed by atoms with E-state index >= 15 is 0 Å². The number of nitrogens with zero attached hydrogens (tertiary/aromatic N) is 1. The highest BCUT2D eigenvalue weighted by molar-refractivity contribution is 5.94. The standard InChI is InChI=1S/C20H25N3O2/c1-21-19(23-16-9-10-17(24-2)18(13-16)25-3)22-14-20(11-12-20)15-7-5-4-6-8-15/h4-10,13H,11-12,14H2,1-3H3,(H2,21,22,23). The largest absolute Gasteiger partial charge is 0.493 e. The number of hydrogen-bond donors (Lipinski definition) is 2. The van der Waals surface area contributed by atoms with E-state index in [1.165, 1.54) is 18.4 Å². The Morgan fingerprint density at radius 3 is 2.36 bits per heavy atom. The molecule has 0 radical (unpaired) electrons. The van der Waals surface area contributed by atoms with Crippen LogP contribution in [0.2, 0.25) is 0 Å². The van der Waals surface area contributed by atoms with Crippen LogP contribution in [0, 0.1) is 0 Å². The molecule has 2 aromatic carbocycles. The quantitative estimate of drug-likeness (QED) is 0.625. The van der Waals surface area contributed by atoms with E-state index in [-0.39, 0.29) is 5.41 Å². The van der Waals surface area contributed by atoms with Crippen molar-refractivity contribution in [1.29, 1.82) is 0 Å². The van der Waals surface area contributed by atoms with Crippen molar-refractivity contribution in [2.24, 2.45) is 4.99 Å². The first kappa shape index (κ1) is 17.1. The predicted octanol–water partition coefficient (Wildman–Crippen LogP) is 3.42. The van der Waals surface area contributed by atoms with Crippen molar-refractivity contribution in [3.05, 3.63) is 54.1 Å². The van der Waals surface area contributed by atoms with Gasteiger partial charge in [0.2, 0.25) is 0 Å². The van der Waals surface area contributed by atoms with E-state index in [2.05, 4.69) is 46.0 Å². The molecule has 0 atom stereocenters. The number of guanidine groups is 1. The molecule has 0 saturated heterocycles. The van der Waals surface area contributed by atoms with Crippen LogP contribution in [0.25, 0.3) is 0 Å². The Morgan fingerprint density at radius 1 is 1.04 bits per heavy atom. The molecule has 2 aromatic rings. The predicted molar refractivity (Wildman–Crippen MR) is 102 cm³/mol. The van der Waals surface area contributed by atoms with Crippen molar-refractivity contribution >= 4 is 11.6 Å². The molecule has 0 bridgehead atoms. The molecule has 0 amide bonds. The van der Waals surface area contributed by atoms with Gasteiger partial charge in [-0.3, -0.25) is 4.99 Å². The van der Waals surface area contributed by atoms with E-state index in [0.717, 1.165) is 18.2 Å². The van der Waals surface area contributed by atoms with E-state index in [1.807, 2.05) is 18.2 Å². The van der Waals surface area contributed by atoms with Gasteiger partial charge in [0.25, 0.3) is 0 Å². The topological polar surface area (TPSA) is 54.9 Å². The summed E-state index contributed by atoms with van der Waals surface area (Å²) < 4.78 is 10.6. The molecule has 5 heteroatoms. The van der Waals surface area contributed by atoms with Crippen LogP contribution in [0.1, 0.15) is 18.4 Å². The lowest BCUT2D eigenvalue weighted by atomic mass is 9.96. The third kappa shape index (κ3) is 3.87. The average molecular weight is 339 g/mol. The third-order valence-corrected chi connectivity index (χ3v) is 4.70. The van der Waals surface area contributed by atoms with Gasteiger partial charge in [-0.05, 0) is 30.5 Å². The summed E-state index contributed by atoms with van der Waals surface area (Å²) in [6.07, 6.45) is 2.41. The molecule has 1 aliphatic carbocycles. The van der Waals surface area contributed by atoms with Gasteiger partial charge in [-0.2, -0.15) is 0 Å². The van der Waals surface area contributed by atoms with Crippen molar-refractivity contribution < 1.29 is 9.47 Å². The Labute approximate surface area is 149 Å². The van der Waals surface area contributed by atoms with Gasteiger partial charge < -0.3 is 20.1 Å². The molecule has 25 heavy (non-hydrogen) atoms. The van der Waals surface area contributed by atoms with Gasteiger partial charge in [0.05, 0.1) is 14.2 Å². The first-order chi connectivity index (χ1) is 12.2. The zero-order chi connectivity index (χ0) is 17.7. The van der Waals surface area contributed by atoms with Gasteiger partial charge in [-0.15, -0.1) is 0 Å². The van der Waals surface area contributed by atoms with Crippen molar-refractivity contribution in [1.82, 2.24) is 5.32 Å². The zero-order valence-electron chi connectivity index (χ0n) is 15.0. The number of hydrogen-bond acceptors (Lipinski definition) is 3. The van der Waals surface area contributed by atoms with Crippen LogP contribution in [0.15, 0.2) is 53.5 Å². The smallest absolute Gasteiger partial charge is 0.195 e. The summed E-state index contributed by atoms with van der Waals surface area (Å²) in [5.74, 6) is 2.14. The van der Waals surface area contributed by atoms with Crippen LogP contribution in [0.4, 0.5) is 5.69 Å². The molecule has 0 heterocycles. The van der Waals surface area contributed by atoms with E-state index in [4.69, 9.17) is 9.47 Å².